The second-order valence-corrected chi connectivity index (χ2v) is 9.78. The van der Waals surface area contributed by atoms with Gasteiger partial charge in [0.1, 0.15) is 0 Å². The van der Waals surface area contributed by atoms with Crippen molar-refractivity contribution in [3.63, 3.8) is 0 Å². The summed E-state index contributed by atoms with van der Waals surface area (Å²) in [4.78, 5) is 35.1. The van der Waals surface area contributed by atoms with Gasteiger partial charge in [-0.3, -0.25) is 10.1 Å². The molecule has 3 aliphatic rings. The quantitative estimate of drug-likeness (QED) is 0.721. The van der Waals surface area contributed by atoms with Crippen molar-refractivity contribution >= 4 is 34.1 Å². The fraction of sp³-hybridized carbons (Fsp3) is 0.522. The highest BCUT2D eigenvalue weighted by molar-refractivity contribution is 7.19. The van der Waals surface area contributed by atoms with Crippen LogP contribution in [0.4, 0.5) is 15.6 Å². The molecule has 2 fully saturated rings. The van der Waals surface area contributed by atoms with Gasteiger partial charge in [-0.2, -0.15) is 0 Å². The minimum Gasteiger partial charge on any atom is -0.378 e. The van der Waals surface area contributed by atoms with Gasteiger partial charge in [-0.15, -0.1) is 0 Å². The van der Waals surface area contributed by atoms with Crippen LogP contribution in [-0.2, 0) is 11.3 Å². The number of rotatable bonds is 5. The lowest BCUT2D eigenvalue weighted by Gasteiger charge is -2.31. The molecule has 9 heteroatoms. The molecule has 1 aromatic heterocycles. The zero-order chi connectivity index (χ0) is 22.4. The molecule has 1 aliphatic carbocycles. The van der Waals surface area contributed by atoms with Gasteiger partial charge < -0.3 is 19.9 Å². The van der Waals surface area contributed by atoms with Crippen LogP contribution in [0.5, 0.6) is 0 Å². The first kappa shape index (κ1) is 21.2. The van der Waals surface area contributed by atoms with Crippen molar-refractivity contribution in [2.24, 2.45) is 5.92 Å². The smallest absolute Gasteiger partial charge is 0.320 e. The molecule has 0 unspecified atom stereocenters. The van der Waals surface area contributed by atoms with Crippen LogP contribution >= 0.6 is 11.3 Å². The molecule has 8 nitrogen and oxygen atoms in total. The van der Waals surface area contributed by atoms with Crippen LogP contribution in [0.1, 0.15) is 41.4 Å². The van der Waals surface area contributed by atoms with E-state index >= 15 is 0 Å². The Labute approximate surface area is 191 Å². The first-order valence-corrected chi connectivity index (χ1v) is 12.0. The summed E-state index contributed by atoms with van der Waals surface area (Å²) in [5, 5.41) is 5.89. The maximum atomic E-state index is 13.5. The maximum absolute atomic E-state index is 13.5. The minimum atomic E-state index is -0.288. The van der Waals surface area contributed by atoms with E-state index in [9.17, 15) is 9.59 Å². The molecule has 3 amide bonds. The van der Waals surface area contributed by atoms with Crippen molar-refractivity contribution in [2.45, 2.75) is 39.3 Å². The third kappa shape index (κ3) is 3.84. The van der Waals surface area contributed by atoms with Crippen LogP contribution in [0.25, 0.3) is 10.4 Å². The predicted octanol–water partition coefficient (Wildman–Crippen LogP) is 3.46. The lowest BCUT2D eigenvalue weighted by Crippen LogP contribution is -2.38. The molecule has 5 rings (SSSR count). The standard InChI is InChI=1S/C23H29N5O3S/c1-13-20(32-23(25-13)26-22(30)24-3)16-10-17-12-28(14(2)15-4-5-15)21(29)19(17)18(11-16)27-6-8-31-9-7-27/h10-11,14-15H,4-9,12H2,1-3H3,(H2,24,25,26,30)/t14-/m0/s1. The van der Waals surface area contributed by atoms with Crippen molar-refractivity contribution in [3.8, 4) is 10.4 Å². The topological polar surface area (TPSA) is 86.8 Å². The molecule has 0 radical (unpaired) electrons. The van der Waals surface area contributed by atoms with Crippen molar-refractivity contribution in [2.75, 3.05) is 43.6 Å². The molecule has 2 N–H and O–H groups in total. The largest absolute Gasteiger partial charge is 0.378 e. The highest BCUT2D eigenvalue weighted by Gasteiger charge is 2.40. The Morgan fingerprint density at radius 1 is 1.28 bits per heavy atom. The Kier molecular flexibility index (Phi) is 5.54. The van der Waals surface area contributed by atoms with E-state index in [1.165, 1.54) is 24.2 Å². The summed E-state index contributed by atoms with van der Waals surface area (Å²) in [5.41, 5.74) is 4.81. The molecule has 170 valence electrons. The van der Waals surface area contributed by atoms with Gasteiger partial charge in [0.25, 0.3) is 5.91 Å². The van der Waals surface area contributed by atoms with Crippen LogP contribution in [-0.4, -0.2) is 61.2 Å². The Morgan fingerprint density at radius 3 is 2.72 bits per heavy atom. The summed E-state index contributed by atoms with van der Waals surface area (Å²) < 4.78 is 5.56. The number of carbonyl (C=O) groups excluding carboxylic acids is 2. The fourth-order valence-electron chi connectivity index (χ4n) is 4.68. The molecule has 3 heterocycles. The van der Waals surface area contributed by atoms with Crippen LogP contribution in [0.2, 0.25) is 0 Å². The number of fused-ring (bicyclic) bond motifs is 1. The number of hydrogen-bond donors (Lipinski definition) is 2. The van der Waals surface area contributed by atoms with Crippen molar-refractivity contribution < 1.29 is 14.3 Å². The average Bonchev–Trinajstić information content (AvgIpc) is 3.52. The van der Waals surface area contributed by atoms with E-state index in [0.717, 1.165) is 46.0 Å². The van der Waals surface area contributed by atoms with E-state index in [1.807, 2.05) is 11.8 Å². The molecular formula is C23H29N5O3S. The van der Waals surface area contributed by atoms with E-state index in [0.29, 0.717) is 30.8 Å². The molecule has 1 aromatic carbocycles. The first-order chi connectivity index (χ1) is 15.5. The summed E-state index contributed by atoms with van der Waals surface area (Å²) in [5.74, 6) is 0.775. The molecule has 2 aliphatic heterocycles. The summed E-state index contributed by atoms with van der Waals surface area (Å²) in [6.45, 7) is 7.65. The Balaban J connectivity index is 1.55. The number of benzene rings is 1. The second-order valence-electron chi connectivity index (χ2n) is 8.78. The number of aryl methyl sites for hydroxylation is 1. The van der Waals surface area contributed by atoms with Gasteiger partial charge in [0, 0.05) is 32.7 Å². The third-order valence-corrected chi connectivity index (χ3v) is 7.79. The molecule has 1 atom stereocenters. The Hall–Kier alpha value is -2.65. The van der Waals surface area contributed by atoms with Crippen molar-refractivity contribution in [1.82, 2.24) is 15.2 Å². The van der Waals surface area contributed by atoms with E-state index in [2.05, 4.69) is 39.6 Å². The summed E-state index contributed by atoms with van der Waals surface area (Å²) >= 11 is 1.46. The van der Waals surface area contributed by atoms with Gasteiger partial charge in [0.2, 0.25) is 0 Å². The molecule has 0 bridgehead atoms. The van der Waals surface area contributed by atoms with Crippen LogP contribution in [0, 0.1) is 12.8 Å². The van der Waals surface area contributed by atoms with E-state index in [1.54, 1.807) is 7.05 Å². The van der Waals surface area contributed by atoms with Crippen LogP contribution in [0.3, 0.4) is 0 Å². The van der Waals surface area contributed by atoms with Gasteiger partial charge in [-0.1, -0.05) is 11.3 Å². The van der Waals surface area contributed by atoms with Crippen molar-refractivity contribution in [3.05, 3.63) is 29.0 Å². The average molecular weight is 456 g/mol. The number of carbonyl (C=O) groups is 2. The normalized spacial score (nSPS) is 19.2. The lowest BCUT2D eigenvalue weighted by atomic mass is 10.0. The minimum absolute atomic E-state index is 0.149. The number of anilines is 2. The van der Waals surface area contributed by atoms with Crippen LogP contribution < -0.4 is 15.5 Å². The van der Waals surface area contributed by atoms with Crippen molar-refractivity contribution in [1.29, 1.82) is 0 Å². The van der Waals surface area contributed by atoms with E-state index in [-0.39, 0.29) is 18.0 Å². The molecule has 1 saturated heterocycles. The lowest BCUT2D eigenvalue weighted by molar-refractivity contribution is 0.0697. The molecule has 0 spiro atoms. The van der Waals surface area contributed by atoms with Gasteiger partial charge in [0.15, 0.2) is 5.13 Å². The number of ether oxygens (including phenoxy) is 1. The van der Waals surface area contributed by atoms with Gasteiger partial charge in [-0.05, 0) is 55.9 Å². The number of nitrogens with zero attached hydrogens (tertiary/aromatic N) is 3. The van der Waals surface area contributed by atoms with E-state index < -0.39 is 0 Å². The maximum Gasteiger partial charge on any atom is 0.320 e. The number of aromatic nitrogens is 1. The zero-order valence-corrected chi connectivity index (χ0v) is 19.6. The molecule has 1 saturated carbocycles. The number of thiazole rings is 1. The first-order valence-electron chi connectivity index (χ1n) is 11.2. The SMILES string of the molecule is CNC(=O)Nc1nc(C)c(-c2cc3c(c(N4CCOCC4)c2)C(=O)N([C@@H](C)C2CC2)C3)s1. The number of morpholine rings is 1. The summed E-state index contributed by atoms with van der Waals surface area (Å²) in [6, 6.07) is 4.24. The summed E-state index contributed by atoms with van der Waals surface area (Å²) in [7, 11) is 1.58. The van der Waals surface area contributed by atoms with E-state index in [4.69, 9.17) is 4.74 Å². The van der Waals surface area contributed by atoms with Crippen LogP contribution in [0.15, 0.2) is 12.1 Å². The monoisotopic (exact) mass is 455 g/mol. The zero-order valence-electron chi connectivity index (χ0n) is 18.7. The second kappa shape index (κ2) is 8.37. The number of nitrogens with one attached hydrogen (secondary N) is 2. The summed E-state index contributed by atoms with van der Waals surface area (Å²) in [6.07, 6.45) is 2.42. The van der Waals surface area contributed by atoms with Gasteiger partial charge in [0.05, 0.1) is 35.0 Å². The Morgan fingerprint density at radius 2 is 2.03 bits per heavy atom. The predicted molar refractivity (Wildman–Crippen MR) is 125 cm³/mol. The third-order valence-electron chi connectivity index (χ3n) is 6.67. The number of hydrogen-bond acceptors (Lipinski definition) is 6. The number of amides is 3. The van der Waals surface area contributed by atoms with Gasteiger partial charge in [-0.25, -0.2) is 9.78 Å². The molecule has 32 heavy (non-hydrogen) atoms. The highest BCUT2D eigenvalue weighted by Crippen LogP contribution is 2.43. The molecule has 2 aromatic rings. The highest BCUT2D eigenvalue weighted by atomic mass is 32.1. The molecular weight excluding hydrogens is 426 g/mol. The Bertz CT molecular complexity index is 1060. The van der Waals surface area contributed by atoms with Gasteiger partial charge >= 0.3 is 6.03 Å². The number of urea groups is 1. The fourth-order valence-corrected chi connectivity index (χ4v) is 5.63.